The summed E-state index contributed by atoms with van der Waals surface area (Å²) in [4.78, 5) is 13.4. The van der Waals surface area contributed by atoms with Gasteiger partial charge in [-0.15, -0.1) is 0 Å². The van der Waals surface area contributed by atoms with E-state index in [1.165, 1.54) is 6.08 Å². The Labute approximate surface area is 246 Å². The van der Waals surface area contributed by atoms with Crippen LogP contribution in [0.15, 0.2) is 133 Å². The molecule has 5 aromatic carbocycles. The first kappa shape index (κ1) is 28.2. The molecule has 5 rings (SSSR count). The van der Waals surface area contributed by atoms with Crippen molar-refractivity contribution < 1.29 is 23.7 Å². The second-order valence-electron chi connectivity index (χ2n) is 9.59. The number of ketones is 1. The van der Waals surface area contributed by atoms with Gasteiger partial charge in [-0.3, -0.25) is 4.79 Å². The molecule has 0 spiro atoms. The van der Waals surface area contributed by atoms with Crippen molar-refractivity contribution in [1.29, 1.82) is 0 Å². The standard InChI is InChI=1S/C37H32O5/c1-39-37-23-28(18-22-35(37)41-26-30-13-7-3-8-14-30)17-21-34(38)33-20-19-32(40-25-29-11-5-2-6-12-29)24-36(33)42-27-31-15-9-4-10-16-31/h2-24H,25-27H2,1H3/b21-17+. The maximum Gasteiger partial charge on any atom is 0.189 e. The van der Waals surface area contributed by atoms with E-state index in [0.717, 1.165) is 22.3 Å². The Hall–Kier alpha value is -5.29. The highest BCUT2D eigenvalue weighted by atomic mass is 16.5. The van der Waals surface area contributed by atoms with Crippen molar-refractivity contribution in [3.05, 3.63) is 161 Å². The summed E-state index contributed by atoms with van der Waals surface area (Å²) in [7, 11) is 1.60. The lowest BCUT2D eigenvalue weighted by molar-refractivity contribution is 0.104. The summed E-state index contributed by atoms with van der Waals surface area (Å²) in [5.74, 6) is 2.12. The molecular weight excluding hydrogens is 524 g/mol. The third-order valence-electron chi connectivity index (χ3n) is 6.56. The van der Waals surface area contributed by atoms with Crippen molar-refractivity contribution in [3.63, 3.8) is 0 Å². The number of benzene rings is 5. The fraction of sp³-hybridized carbons (Fsp3) is 0.108. The van der Waals surface area contributed by atoms with Crippen LogP contribution in [0.4, 0.5) is 0 Å². The minimum atomic E-state index is -0.184. The number of rotatable bonds is 13. The molecule has 5 nitrogen and oxygen atoms in total. The van der Waals surface area contributed by atoms with Gasteiger partial charge in [0.25, 0.3) is 0 Å². The molecular formula is C37H32O5. The molecule has 0 aromatic heterocycles. The number of carbonyl (C=O) groups is 1. The Morgan fingerprint density at radius 1 is 0.571 bits per heavy atom. The van der Waals surface area contributed by atoms with Crippen molar-refractivity contribution in [2.24, 2.45) is 0 Å². The van der Waals surface area contributed by atoms with Crippen LogP contribution in [0.25, 0.3) is 6.08 Å². The first-order valence-corrected chi connectivity index (χ1v) is 13.7. The van der Waals surface area contributed by atoms with E-state index in [1.54, 1.807) is 31.4 Å². The third-order valence-corrected chi connectivity index (χ3v) is 6.56. The third kappa shape index (κ3) is 7.89. The zero-order chi connectivity index (χ0) is 29.0. The summed E-state index contributed by atoms with van der Waals surface area (Å²) in [5, 5.41) is 0. The van der Waals surface area contributed by atoms with E-state index < -0.39 is 0 Å². The minimum Gasteiger partial charge on any atom is -0.493 e. The van der Waals surface area contributed by atoms with Crippen LogP contribution in [-0.2, 0) is 19.8 Å². The van der Waals surface area contributed by atoms with Gasteiger partial charge in [0.05, 0.1) is 12.7 Å². The predicted molar refractivity (Wildman–Crippen MR) is 165 cm³/mol. The van der Waals surface area contributed by atoms with E-state index >= 15 is 0 Å². The number of carbonyl (C=O) groups excluding carboxylic acids is 1. The molecule has 5 aromatic rings. The van der Waals surface area contributed by atoms with Crippen LogP contribution >= 0.6 is 0 Å². The Kier molecular flexibility index (Phi) is 9.67. The smallest absolute Gasteiger partial charge is 0.189 e. The number of ether oxygens (including phenoxy) is 4. The van der Waals surface area contributed by atoms with Gasteiger partial charge in [-0.1, -0.05) is 103 Å². The van der Waals surface area contributed by atoms with Crippen molar-refractivity contribution in [2.75, 3.05) is 7.11 Å². The molecule has 0 amide bonds. The average Bonchev–Trinajstić information content (AvgIpc) is 3.06. The molecule has 0 bridgehead atoms. The maximum absolute atomic E-state index is 13.4. The minimum absolute atomic E-state index is 0.184. The molecule has 0 aliphatic rings. The van der Waals surface area contributed by atoms with Crippen LogP contribution in [-0.4, -0.2) is 12.9 Å². The van der Waals surface area contributed by atoms with Gasteiger partial charge in [-0.2, -0.15) is 0 Å². The topological polar surface area (TPSA) is 54.0 Å². The molecule has 0 fully saturated rings. The molecule has 0 saturated carbocycles. The van der Waals surface area contributed by atoms with Crippen LogP contribution in [0.3, 0.4) is 0 Å². The molecule has 0 aliphatic carbocycles. The first-order chi connectivity index (χ1) is 20.7. The molecule has 210 valence electrons. The van der Waals surface area contributed by atoms with Gasteiger partial charge >= 0.3 is 0 Å². The van der Waals surface area contributed by atoms with Gasteiger partial charge in [0, 0.05) is 6.07 Å². The molecule has 5 heteroatoms. The summed E-state index contributed by atoms with van der Waals surface area (Å²) in [6.07, 6.45) is 3.29. The summed E-state index contributed by atoms with van der Waals surface area (Å²) in [6, 6.07) is 40.6. The molecule has 0 atom stereocenters. The molecule has 0 radical (unpaired) electrons. The quantitative estimate of drug-likeness (QED) is 0.108. The average molecular weight is 557 g/mol. The Balaban J connectivity index is 1.31. The van der Waals surface area contributed by atoms with Crippen LogP contribution < -0.4 is 18.9 Å². The van der Waals surface area contributed by atoms with Crippen LogP contribution in [0.5, 0.6) is 23.0 Å². The molecule has 0 heterocycles. The van der Waals surface area contributed by atoms with Gasteiger partial charge in [-0.05, 0) is 52.6 Å². The van der Waals surface area contributed by atoms with E-state index in [9.17, 15) is 4.79 Å². The normalized spacial score (nSPS) is 10.8. The fourth-order valence-corrected chi connectivity index (χ4v) is 4.30. The number of methoxy groups -OCH3 is 1. The van der Waals surface area contributed by atoms with Crippen LogP contribution in [0.2, 0.25) is 0 Å². The van der Waals surface area contributed by atoms with Crippen molar-refractivity contribution in [3.8, 4) is 23.0 Å². The summed E-state index contributed by atoms with van der Waals surface area (Å²) in [5.41, 5.74) is 4.38. The Bertz CT molecular complexity index is 1610. The molecule has 0 aliphatic heterocycles. The monoisotopic (exact) mass is 556 g/mol. The number of hydrogen-bond acceptors (Lipinski definition) is 5. The van der Waals surface area contributed by atoms with Gasteiger partial charge in [-0.25, -0.2) is 0 Å². The van der Waals surface area contributed by atoms with Crippen LogP contribution in [0, 0.1) is 0 Å². The van der Waals surface area contributed by atoms with Gasteiger partial charge in [0.2, 0.25) is 0 Å². The van der Waals surface area contributed by atoms with Gasteiger partial charge in [0.15, 0.2) is 17.3 Å². The van der Waals surface area contributed by atoms with Crippen molar-refractivity contribution in [2.45, 2.75) is 19.8 Å². The van der Waals surface area contributed by atoms with Crippen molar-refractivity contribution in [1.82, 2.24) is 0 Å². The zero-order valence-electron chi connectivity index (χ0n) is 23.4. The van der Waals surface area contributed by atoms with Crippen molar-refractivity contribution >= 4 is 11.9 Å². The maximum atomic E-state index is 13.4. The highest BCUT2D eigenvalue weighted by Crippen LogP contribution is 2.30. The zero-order valence-corrected chi connectivity index (χ0v) is 23.4. The van der Waals surface area contributed by atoms with Gasteiger partial charge < -0.3 is 18.9 Å². The summed E-state index contributed by atoms with van der Waals surface area (Å²) >= 11 is 0. The van der Waals surface area contributed by atoms with E-state index in [1.807, 2.05) is 109 Å². The van der Waals surface area contributed by atoms with E-state index in [0.29, 0.717) is 48.4 Å². The second kappa shape index (κ2) is 14.4. The molecule has 0 unspecified atom stereocenters. The number of allylic oxidation sites excluding steroid dienone is 1. The van der Waals surface area contributed by atoms with E-state index in [2.05, 4.69) is 0 Å². The Morgan fingerprint density at radius 2 is 1.12 bits per heavy atom. The lowest BCUT2D eigenvalue weighted by Gasteiger charge is -2.13. The highest BCUT2D eigenvalue weighted by Gasteiger charge is 2.13. The summed E-state index contributed by atoms with van der Waals surface area (Å²) in [6.45, 7) is 1.18. The first-order valence-electron chi connectivity index (χ1n) is 13.7. The fourth-order valence-electron chi connectivity index (χ4n) is 4.30. The largest absolute Gasteiger partial charge is 0.493 e. The van der Waals surface area contributed by atoms with Crippen LogP contribution in [0.1, 0.15) is 32.6 Å². The molecule has 0 saturated heterocycles. The number of hydrogen-bond donors (Lipinski definition) is 0. The SMILES string of the molecule is COc1cc(/C=C/C(=O)c2ccc(OCc3ccccc3)cc2OCc2ccccc2)ccc1OCc1ccccc1. The van der Waals surface area contributed by atoms with E-state index in [4.69, 9.17) is 18.9 Å². The lowest BCUT2D eigenvalue weighted by atomic mass is 10.1. The Morgan fingerprint density at radius 3 is 1.69 bits per heavy atom. The molecule has 0 N–H and O–H groups in total. The predicted octanol–water partition coefficient (Wildman–Crippen LogP) is 8.33. The highest BCUT2D eigenvalue weighted by molar-refractivity contribution is 6.08. The van der Waals surface area contributed by atoms with E-state index in [-0.39, 0.29) is 5.78 Å². The van der Waals surface area contributed by atoms with Gasteiger partial charge in [0.1, 0.15) is 31.3 Å². The molecule has 42 heavy (non-hydrogen) atoms. The summed E-state index contributed by atoms with van der Waals surface area (Å²) < 4.78 is 23.6. The lowest BCUT2D eigenvalue weighted by Crippen LogP contribution is -2.04. The second-order valence-corrected chi connectivity index (χ2v) is 9.59.